The number of esters is 2. The predicted octanol–water partition coefficient (Wildman–Crippen LogP) is 0.613. The largest absolute Gasteiger partial charge is 0.481 e. The molecule has 216 valence electrons. The molecule has 1 aromatic carbocycles. The molecule has 0 spiro atoms. The van der Waals surface area contributed by atoms with Crippen molar-refractivity contribution in [3.8, 4) is 5.75 Å². The van der Waals surface area contributed by atoms with Crippen molar-refractivity contribution in [2.75, 3.05) is 13.2 Å². The smallest absolute Gasteiger partial charge is 0.359 e. The summed E-state index contributed by atoms with van der Waals surface area (Å²) < 4.78 is 15.2. The lowest BCUT2D eigenvalue weighted by molar-refractivity contribution is -0.166. The third-order valence-corrected chi connectivity index (χ3v) is 5.34. The van der Waals surface area contributed by atoms with Crippen molar-refractivity contribution in [3.63, 3.8) is 0 Å². The number of carbonyl (C=O) groups is 6. The molecule has 2 unspecified atom stereocenters. The highest BCUT2D eigenvalue weighted by molar-refractivity contribution is 5.98. The number of carboxylic acid groups (broad SMARTS) is 1. The van der Waals surface area contributed by atoms with E-state index in [1.165, 1.54) is 12.1 Å². The van der Waals surface area contributed by atoms with Crippen molar-refractivity contribution in [2.24, 2.45) is 5.73 Å². The van der Waals surface area contributed by atoms with E-state index in [2.05, 4.69) is 10.6 Å². The number of aliphatic carboxylic acids is 1. The number of primary amides is 1. The summed E-state index contributed by atoms with van der Waals surface area (Å²) in [6.07, 6.45) is -0.676. The fraction of sp³-hybridized carbons (Fsp3) is 0.538. The second-order valence-electron chi connectivity index (χ2n) is 8.47. The average molecular weight is 552 g/mol. The minimum atomic E-state index is -1.63. The normalized spacial score (nSPS) is 12.1. The monoisotopic (exact) mass is 551 g/mol. The van der Waals surface area contributed by atoms with Crippen molar-refractivity contribution in [1.29, 1.82) is 0 Å². The van der Waals surface area contributed by atoms with Crippen molar-refractivity contribution < 1.29 is 48.1 Å². The summed E-state index contributed by atoms with van der Waals surface area (Å²) in [5.41, 5.74) is 5.96. The van der Waals surface area contributed by atoms with Crippen molar-refractivity contribution in [3.05, 3.63) is 29.8 Å². The van der Waals surface area contributed by atoms with Gasteiger partial charge in [-0.2, -0.15) is 0 Å². The van der Waals surface area contributed by atoms with Gasteiger partial charge in [-0.15, -0.1) is 0 Å². The van der Waals surface area contributed by atoms with E-state index in [1.807, 2.05) is 6.92 Å². The van der Waals surface area contributed by atoms with Gasteiger partial charge >= 0.3 is 17.9 Å². The minimum Gasteiger partial charge on any atom is -0.481 e. The number of unbranched alkanes of at least 4 members (excludes halogenated alkanes) is 1. The Bertz CT molecular complexity index is 978. The summed E-state index contributed by atoms with van der Waals surface area (Å²) in [5.74, 6) is -4.88. The first-order valence-corrected chi connectivity index (χ1v) is 12.7. The van der Waals surface area contributed by atoms with Gasteiger partial charge in [0.25, 0.3) is 6.10 Å². The maximum absolute atomic E-state index is 13.0. The molecule has 5 N–H and O–H groups in total. The third kappa shape index (κ3) is 12.3. The zero-order chi connectivity index (χ0) is 29.4. The van der Waals surface area contributed by atoms with Gasteiger partial charge in [0.2, 0.25) is 17.7 Å². The van der Waals surface area contributed by atoms with Gasteiger partial charge in [0.1, 0.15) is 17.8 Å². The molecule has 1 rings (SSSR count). The van der Waals surface area contributed by atoms with Crippen LogP contribution in [0.1, 0.15) is 58.4 Å². The zero-order valence-corrected chi connectivity index (χ0v) is 22.4. The summed E-state index contributed by atoms with van der Waals surface area (Å²) in [4.78, 5) is 72.2. The number of hydrogen-bond donors (Lipinski definition) is 4. The molecule has 1 aromatic rings. The fourth-order valence-corrected chi connectivity index (χ4v) is 3.37. The van der Waals surface area contributed by atoms with Gasteiger partial charge < -0.3 is 35.7 Å². The molecule has 0 saturated heterocycles. The Morgan fingerprint density at radius 1 is 0.872 bits per heavy atom. The maximum atomic E-state index is 13.0. The lowest BCUT2D eigenvalue weighted by Gasteiger charge is -2.22. The van der Waals surface area contributed by atoms with E-state index in [0.717, 1.165) is 6.42 Å². The van der Waals surface area contributed by atoms with Gasteiger partial charge in [-0.1, -0.05) is 31.9 Å². The number of carboxylic acids is 1. The molecule has 13 nitrogen and oxygen atoms in total. The number of hydrogen-bond acceptors (Lipinski definition) is 9. The molecule has 0 aromatic heterocycles. The summed E-state index contributed by atoms with van der Waals surface area (Å²) in [6.45, 7) is 5.15. The Morgan fingerprint density at radius 3 is 1.95 bits per heavy atom. The number of nitrogens with two attached hydrogens (primary N) is 1. The highest BCUT2D eigenvalue weighted by Crippen LogP contribution is 2.17. The first kappa shape index (κ1) is 32.9. The average Bonchev–Trinajstić information content (AvgIpc) is 2.88. The lowest BCUT2D eigenvalue weighted by Crippen LogP contribution is -2.53. The van der Waals surface area contributed by atoms with Gasteiger partial charge in [-0.25, -0.2) is 9.59 Å². The Kier molecular flexibility index (Phi) is 14.6. The Hall–Kier alpha value is -4.16. The standard InChI is InChI=1S/C26H37N3O10/c1-4-7-8-18(23(27)33)29-24(34)19(28-20(30)13-14-21(31)32)15-16-9-11-17(12-10-16)39-22(25(35)37-5-2)26(36)38-6-3/h9-12,18-19,22H,4-8,13-15H2,1-3H3,(H2,27,33)(H,28,30)(H,29,34)(H,31,32). The molecular formula is C26H37N3O10. The summed E-state index contributed by atoms with van der Waals surface area (Å²) in [5, 5.41) is 13.9. The molecule has 0 saturated carbocycles. The van der Waals surface area contributed by atoms with Crippen LogP contribution in [-0.4, -0.2) is 72.1 Å². The van der Waals surface area contributed by atoms with Crippen LogP contribution >= 0.6 is 0 Å². The summed E-state index contributed by atoms with van der Waals surface area (Å²) >= 11 is 0. The number of carbonyl (C=O) groups excluding carboxylic acids is 5. The molecule has 0 bridgehead atoms. The van der Waals surface area contributed by atoms with E-state index < -0.39 is 60.2 Å². The zero-order valence-electron chi connectivity index (χ0n) is 22.4. The number of rotatable bonds is 18. The second kappa shape index (κ2) is 17.4. The van der Waals surface area contributed by atoms with Crippen LogP contribution < -0.4 is 21.1 Å². The topological polar surface area (TPSA) is 200 Å². The predicted molar refractivity (Wildman–Crippen MR) is 137 cm³/mol. The molecule has 0 heterocycles. The summed E-state index contributed by atoms with van der Waals surface area (Å²) in [7, 11) is 0. The van der Waals surface area contributed by atoms with E-state index in [1.54, 1.807) is 26.0 Å². The highest BCUT2D eigenvalue weighted by Gasteiger charge is 2.32. The van der Waals surface area contributed by atoms with Crippen LogP contribution in [-0.2, 0) is 44.7 Å². The molecule has 0 aliphatic rings. The Balaban J connectivity index is 3.07. The minimum absolute atomic E-state index is 0.0244. The second-order valence-corrected chi connectivity index (χ2v) is 8.47. The van der Waals surface area contributed by atoms with E-state index in [-0.39, 0.29) is 31.8 Å². The number of amides is 3. The molecule has 39 heavy (non-hydrogen) atoms. The molecule has 0 radical (unpaired) electrons. The fourth-order valence-electron chi connectivity index (χ4n) is 3.37. The Morgan fingerprint density at radius 2 is 1.46 bits per heavy atom. The van der Waals surface area contributed by atoms with Crippen LogP contribution in [0.4, 0.5) is 0 Å². The van der Waals surface area contributed by atoms with Gasteiger partial charge in [0.15, 0.2) is 0 Å². The summed E-state index contributed by atoms with van der Waals surface area (Å²) in [6, 6.07) is 3.93. The van der Waals surface area contributed by atoms with Crippen LogP contribution in [0.25, 0.3) is 0 Å². The van der Waals surface area contributed by atoms with E-state index in [4.69, 9.17) is 25.1 Å². The van der Waals surface area contributed by atoms with Gasteiger partial charge in [0, 0.05) is 12.8 Å². The maximum Gasteiger partial charge on any atom is 0.359 e. The van der Waals surface area contributed by atoms with Crippen LogP contribution in [0, 0.1) is 0 Å². The van der Waals surface area contributed by atoms with E-state index in [9.17, 15) is 28.8 Å². The highest BCUT2D eigenvalue weighted by atomic mass is 16.6. The number of benzene rings is 1. The molecule has 0 fully saturated rings. The first-order chi connectivity index (χ1) is 18.5. The number of nitrogens with one attached hydrogen (secondary N) is 2. The van der Waals surface area contributed by atoms with Crippen molar-refractivity contribution >= 4 is 35.6 Å². The van der Waals surface area contributed by atoms with E-state index in [0.29, 0.717) is 18.4 Å². The van der Waals surface area contributed by atoms with Gasteiger partial charge in [-0.3, -0.25) is 19.2 Å². The molecule has 3 amide bonds. The van der Waals surface area contributed by atoms with Crippen LogP contribution in [0.3, 0.4) is 0 Å². The van der Waals surface area contributed by atoms with Gasteiger partial charge in [-0.05, 0) is 38.0 Å². The van der Waals surface area contributed by atoms with Crippen LogP contribution in [0.2, 0.25) is 0 Å². The van der Waals surface area contributed by atoms with Gasteiger partial charge in [0.05, 0.1) is 19.6 Å². The molecular weight excluding hydrogens is 514 g/mol. The first-order valence-electron chi connectivity index (χ1n) is 12.7. The SMILES string of the molecule is CCCCC(NC(=O)C(Cc1ccc(OC(C(=O)OCC)C(=O)OCC)cc1)NC(=O)CCC(=O)O)C(N)=O. The van der Waals surface area contributed by atoms with Crippen molar-refractivity contribution in [2.45, 2.75) is 77.5 Å². The quantitative estimate of drug-likeness (QED) is 0.148. The molecule has 2 atom stereocenters. The third-order valence-electron chi connectivity index (χ3n) is 5.34. The molecule has 13 heteroatoms. The van der Waals surface area contributed by atoms with Crippen molar-refractivity contribution in [1.82, 2.24) is 10.6 Å². The van der Waals surface area contributed by atoms with E-state index >= 15 is 0 Å². The molecule has 0 aliphatic heterocycles. The van der Waals surface area contributed by atoms with Crippen LogP contribution in [0.15, 0.2) is 24.3 Å². The Labute approximate surface area is 226 Å². The van der Waals surface area contributed by atoms with Crippen LogP contribution in [0.5, 0.6) is 5.75 Å². The molecule has 0 aliphatic carbocycles. The lowest BCUT2D eigenvalue weighted by atomic mass is 10.0. The number of ether oxygens (including phenoxy) is 3.